The Kier molecular flexibility index (Phi) is 5.53. The molecule has 0 aromatic heterocycles. The van der Waals surface area contributed by atoms with Crippen molar-refractivity contribution in [3.8, 4) is 5.75 Å². The van der Waals surface area contributed by atoms with Crippen molar-refractivity contribution < 1.29 is 4.74 Å². The first-order valence-corrected chi connectivity index (χ1v) is 8.59. The molecule has 2 aliphatic heterocycles. The van der Waals surface area contributed by atoms with E-state index < -0.39 is 0 Å². The molecule has 1 N–H and O–H groups in total. The van der Waals surface area contributed by atoms with Crippen molar-refractivity contribution in [2.75, 3.05) is 32.8 Å². The number of nitrogens with one attached hydrogen (secondary N) is 1. The van der Waals surface area contributed by atoms with E-state index in [9.17, 15) is 0 Å². The number of nitrogens with zero attached hydrogens (tertiary/aromatic N) is 1. The summed E-state index contributed by atoms with van der Waals surface area (Å²) in [6.45, 7) is 6.73. The van der Waals surface area contributed by atoms with Crippen LogP contribution in [0.15, 0.2) is 18.2 Å². The van der Waals surface area contributed by atoms with Gasteiger partial charge in [0.05, 0.1) is 6.61 Å². The topological polar surface area (TPSA) is 24.5 Å². The third kappa shape index (κ3) is 4.45. The Morgan fingerprint density at radius 3 is 2.86 bits per heavy atom. The Balaban J connectivity index is 1.43. The van der Waals surface area contributed by atoms with Gasteiger partial charge in [0.1, 0.15) is 5.75 Å². The Hall–Kier alpha value is -1.06. The molecule has 0 bridgehead atoms. The van der Waals surface area contributed by atoms with E-state index in [0.717, 1.165) is 31.9 Å². The van der Waals surface area contributed by atoms with E-state index in [4.69, 9.17) is 4.74 Å². The van der Waals surface area contributed by atoms with Crippen LogP contribution >= 0.6 is 0 Å². The van der Waals surface area contributed by atoms with E-state index in [2.05, 4.69) is 28.4 Å². The van der Waals surface area contributed by atoms with Crippen LogP contribution in [0.4, 0.5) is 0 Å². The number of benzene rings is 1. The van der Waals surface area contributed by atoms with Crippen molar-refractivity contribution in [3.05, 3.63) is 29.3 Å². The van der Waals surface area contributed by atoms with Crippen LogP contribution in [0, 0.1) is 0 Å². The minimum absolute atomic E-state index is 0.841. The number of hydrogen-bond acceptors (Lipinski definition) is 3. The first-order valence-electron chi connectivity index (χ1n) is 8.59. The fourth-order valence-electron chi connectivity index (χ4n) is 3.39. The summed E-state index contributed by atoms with van der Waals surface area (Å²) in [5.41, 5.74) is 2.90. The van der Waals surface area contributed by atoms with Gasteiger partial charge in [-0.05, 0) is 75.0 Å². The molecule has 2 heterocycles. The van der Waals surface area contributed by atoms with Crippen LogP contribution in [0.2, 0.25) is 0 Å². The van der Waals surface area contributed by atoms with Crippen LogP contribution in [0.3, 0.4) is 0 Å². The Morgan fingerprint density at radius 1 is 1.05 bits per heavy atom. The highest BCUT2D eigenvalue weighted by molar-refractivity contribution is 5.36. The molecule has 3 nitrogen and oxygen atoms in total. The number of fused-ring (bicyclic) bond motifs is 1. The zero-order chi connectivity index (χ0) is 14.3. The maximum atomic E-state index is 5.96. The second-order valence-electron chi connectivity index (χ2n) is 6.32. The van der Waals surface area contributed by atoms with Gasteiger partial charge >= 0.3 is 0 Å². The predicted octanol–water partition coefficient (Wildman–Crippen LogP) is 2.98. The summed E-state index contributed by atoms with van der Waals surface area (Å²) in [5.74, 6) is 1.05. The maximum Gasteiger partial charge on any atom is 0.119 e. The second-order valence-corrected chi connectivity index (χ2v) is 6.32. The summed E-state index contributed by atoms with van der Waals surface area (Å²) in [7, 11) is 0. The highest BCUT2D eigenvalue weighted by Crippen LogP contribution is 2.21. The van der Waals surface area contributed by atoms with Crippen LogP contribution in [0.1, 0.15) is 43.2 Å². The Labute approximate surface area is 128 Å². The molecule has 0 saturated carbocycles. The summed E-state index contributed by atoms with van der Waals surface area (Å²) in [6, 6.07) is 6.61. The van der Waals surface area contributed by atoms with Gasteiger partial charge in [-0.25, -0.2) is 0 Å². The van der Waals surface area contributed by atoms with Crippen LogP contribution in [0.5, 0.6) is 5.75 Å². The molecule has 0 atom stereocenters. The summed E-state index contributed by atoms with van der Waals surface area (Å²) in [4.78, 5) is 2.58. The van der Waals surface area contributed by atoms with Gasteiger partial charge in [0.2, 0.25) is 0 Å². The molecule has 0 unspecified atom stereocenters. The van der Waals surface area contributed by atoms with Crippen molar-refractivity contribution >= 4 is 0 Å². The summed E-state index contributed by atoms with van der Waals surface area (Å²) in [6.07, 6.45) is 7.70. The van der Waals surface area contributed by atoms with Crippen molar-refractivity contribution in [2.24, 2.45) is 0 Å². The van der Waals surface area contributed by atoms with Crippen molar-refractivity contribution in [1.29, 1.82) is 0 Å². The van der Waals surface area contributed by atoms with Gasteiger partial charge in [-0.3, -0.25) is 0 Å². The van der Waals surface area contributed by atoms with Crippen LogP contribution in [-0.2, 0) is 13.0 Å². The average molecular weight is 288 g/mol. The van der Waals surface area contributed by atoms with E-state index in [-0.39, 0.29) is 0 Å². The maximum absolute atomic E-state index is 5.96. The standard InChI is InChI=1S/C18H28N2O/c1-2-10-20(11-3-1)12-5-13-21-18-8-7-17-15-19-9-4-6-16(17)14-18/h7-8,14,19H,1-6,9-13,15H2. The Morgan fingerprint density at radius 2 is 1.95 bits per heavy atom. The number of hydrogen-bond donors (Lipinski definition) is 1. The molecule has 1 saturated heterocycles. The van der Waals surface area contributed by atoms with Gasteiger partial charge in [0.15, 0.2) is 0 Å². The second kappa shape index (κ2) is 7.81. The van der Waals surface area contributed by atoms with Gasteiger partial charge in [-0.2, -0.15) is 0 Å². The number of likely N-dealkylation sites (tertiary alicyclic amines) is 1. The molecule has 0 amide bonds. The summed E-state index contributed by atoms with van der Waals surface area (Å²) >= 11 is 0. The lowest BCUT2D eigenvalue weighted by Gasteiger charge is -2.26. The van der Waals surface area contributed by atoms with E-state index in [1.807, 2.05) is 0 Å². The highest BCUT2D eigenvalue weighted by atomic mass is 16.5. The molecule has 21 heavy (non-hydrogen) atoms. The van der Waals surface area contributed by atoms with E-state index in [0.29, 0.717) is 0 Å². The van der Waals surface area contributed by atoms with Crippen molar-refractivity contribution in [3.63, 3.8) is 0 Å². The van der Waals surface area contributed by atoms with Crippen LogP contribution < -0.4 is 10.1 Å². The summed E-state index contributed by atoms with van der Waals surface area (Å²) < 4.78 is 5.96. The molecule has 1 aromatic rings. The number of ether oxygens (including phenoxy) is 1. The zero-order valence-corrected chi connectivity index (χ0v) is 13.1. The minimum atomic E-state index is 0.841. The number of aryl methyl sites for hydroxylation is 1. The molecule has 1 aromatic carbocycles. The average Bonchev–Trinajstić information content (AvgIpc) is 2.77. The smallest absolute Gasteiger partial charge is 0.119 e. The fourth-order valence-corrected chi connectivity index (χ4v) is 3.39. The van der Waals surface area contributed by atoms with Gasteiger partial charge in [-0.1, -0.05) is 12.5 Å². The third-order valence-corrected chi connectivity index (χ3v) is 4.63. The molecule has 0 radical (unpaired) electrons. The van der Waals surface area contributed by atoms with Gasteiger partial charge in [0, 0.05) is 13.1 Å². The Bertz CT molecular complexity index is 441. The van der Waals surface area contributed by atoms with Crippen LogP contribution in [-0.4, -0.2) is 37.7 Å². The predicted molar refractivity (Wildman–Crippen MR) is 86.9 cm³/mol. The largest absolute Gasteiger partial charge is 0.494 e. The third-order valence-electron chi connectivity index (χ3n) is 4.63. The van der Waals surface area contributed by atoms with Gasteiger partial charge in [-0.15, -0.1) is 0 Å². The van der Waals surface area contributed by atoms with Gasteiger partial charge in [0.25, 0.3) is 0 Å². The molecule has 1 fully saturated rings. The number of piperidine rings is 1. The van der Waals surface area contributed by atoms with Crippen molar-refractivity contribution in [2.45, 2.75) is 45.1 Å². The quantitative estimate of drug-likeness (QED) is 0.843. The van der Waals surface area contributed by atoms with E-state index >= 15 is 0 Å². The minimum Gasteiger partial charge on any atom is -0.494 e. The number of rotatable bonds is 5. The lowest BCUT2D eigenvalue weighted by atomic mass is 10.0. The van der Waals surface area contributed by atoms with Crippen LogP contribution in [0.25, 0.3) is 0 Å². The summed E-state index contributed by atoms with van der Waals surface area (Å²) in [5, 5.41) is 3.47. The normalized spacial score (nSPS) is 19.8. The molecule has 0 spiro atoms. The lowest BCUT2D eigenvalue weighted by molar-refractivity contribution is 0.205. The molecule has 3 heteroatoms. The van der Waals surface area contributed by atoms with Gasteiger partial charge < -0.3 is 15.0 Å². The first-order chi connectivity index (χ1) is 10.4. The lowest BCUT2D eigenvalue weighted by Crippen LogP contribution is -2.31. The molecule has 116 valence electrons. The molecule has 3 rings (SSSR count). The first kappa shape index (κ1) is 14.9. The molecule has 2 aliphatic rings. The highest BCUT2D eigenvalue weighted by Gasteiger charge is 2.10. The van der Waals surface area contributed by atoms with E-state index in [1.165, 1.54) is 62.9 Å². The van der Waals surface area contributed by atoms with Crippen molar-refractivity contribution in [1.82, 2.24) is 10.2 Å². The fraction of sp³-hybridized carbons (Fsp3) is 0.667. The molecular formula is C18H28N2O. The SMILES string of the molecule is c1cc2c(cc1OCCCN1CCCCC1)CCCNC2. The zero-order valence-electron chi connectivity index (χ0n) is 13.1. The monoisotopic (exact) mass is 288 g/mol. The molecular weight excluding hydrogens is 260 g/mol. The molecule has 0 aliphatic carbocycles. The van der Waals surface area contributed by atoms with E-state index in [1.54, 1.807) is 0 Å².